The maximum Gasteiger partial charge on any atom is 0.411 e. The summed E-state index contributed by atoms with van der Waals surface area (Å²) in [6.45, 7) is 5.31. The number of carboxylic acid groups (broad SMARTS) is 1. The lowest BCUT2D eigenvalue weighted by atomic mass is 9.92. The number of hydrogen-bond acceptors (Lipinski definition) is 5. The summed E-state index contributed by atoms with van der Waals surface area (Å²) in [7, 11) is 0. The van der Waals surface area contributed by atoms with E-state index in [1.807, 2.05) is 12.1 Å². The lowest BCUT2D eigenvalue weighted by Gasteiger charge is -2.27. The van der Waals surface area contributed by atoms with Crippen molar-refractivity contribution in [3.05, 3.63) is 34.9 Å². The first-order valence-corrected chi connectivity index (χ1v) is 8.70. The van der Waals surface area contributed by atoms with Gasteiger partial charge < -0.3 is 14.7 Å². The molecule has 7 nitrogen and oxygen atoms in total. The molecular formula is C18H21ClN2O5. The number of carbonyl (C=O) groups excluding carboxylic acids is 1. The minimum absolute atomic E-state index is 0.104. The van der Waals surface area contributed by atoms with Crippen molar-refractivity contribution in [2.45, 2.75) is 50.9 Å². The lowest BCUT2D eigenvalue weighted by molar-refractivity contribution is -0.142. The van der Waals surface area contributed by atoms with Crippen LogP contribution in [0.15, 0.2) is 29.4 Å². The summed E-state index contributed by atoms with van der Waals surface area (Å²) in [4.78, 5) is 30.9. The van der Waals surface area contributed by atoms with Gasteiger partial charge in [0, 0.05) is 23.4 Å². The van der Waals surface area contributed by atoms with E-state index < -0.39 is 29.3 Å². The maximum absolute atomic E-state index is 12.4. The molecule has 1 saturated heterocycles. The van der Waals surface area contributed by atoms with Gasteiger partial charge in [-0.05, 0) is 32.9 Å². The van der Waals surface area contributed by atoms with E-state index in [2.05, 4.69) is 5.16 Å². The van der Waals surface area contributed by atoms with Crippen LogP contribution in [0.2, 0.25) is 5.02 Å². The van der Waals surface area contributed by atoms with E-state index in [1.165, 1.54) is 4.90 Å². The number of ether oxygens (including phenoxy) is 1. The van der Waals surface area contributed by atoms with Gasteiger partial charge >= 0.3 is 12.1 Å². The molecule has 1 spiro atoms. The third kappa shape index (κ3) is 3.77. The number of carbonyl (C=O) groups is 2. The number of benzene rings is 1. The van der Waals surface area contributed by atoms with Crippen molar-refractivity contribution in [2.24, 2.45) is 5.16 Å². The van der Waals surface area contributed by atoms with E-state index in [1.54, 1.807) is 32.9 Å². The maximum atomic E-state index is 12.4. The largest absolute Gasteiger partial charge is 0.480 e. The lowest BCUT2D eigenvalue weighted by Crippen LogP contribution is -2.44. The van der Waals surface area contributed by atoms with E-state index in [4.69, 9.17) is 21.2 Å². The molecule has 2 atom stereocenters. The third-order valence-corrected chi connectivity index (χ3v) is 4.55. The van der Waals surface area contributed by atoms with E-state index in [0.717, 1.165) is 5.56 Å². The minimum atomic E-state index is -1.09. The fraction of sp³-hybridized carbons (Fsp3) is 0.500. The Balaban J connectivity index is 1.78. The van der Waals surface area contributed by atoms with Gasteiger partial charge in [-0.15, -0.1) is 0 Å². The molecule has 2 aliphatic heterocycles. The number of hydrogen-bond donors (Lipinski definition) is 1. The highest BCUT2D eigenvalue weighted by Crippen LogP contribution is 2.39. The second kappa shape index (κ2) is 6.46. The standard InChI is InChI=1S/C18H21ClN2O5/c1-17(2,3)25-16(24)21-10-18(9-14(21)15(22)23)8-13(20-26-18)11-5-4-6-12(19)7-11/h4-7,14H,8-10H2,1-3H3,(H,22,23)/t14?,18-/m1/s1. The van der Waals surface area contributed by atoms with Gasteiger partial charge in [0.25, 0.3) is 0 Å². The predicted octanol–water partition coefficient (Wildman–Crippen LogP) is 3.30. The molecule has 1 aromatic carbocycles. The van der Waals surface area contributed by atoms with E-state index in [9.17, 15) is 14.7 Å². The number of oxime groups is 1. The highest BCUT2D eigenvalue weighted by atomic mass is 35.5. The molecule has 0 saturated carbocycles. The Kier molecular flexibility index (Phi) is 4.60. The van der Waals surface area contributed by atoms with Gasteiger partial charge in [-0.3, -0.25) is 4.90 Å². The van der Waals surface area contributed by atoms with Gasteiger partial charge in [-0.1, -0.05) is 28.9 Å². The average Bonchev–Trinajstić information content (AvgIpc) is 3.11. The molecule has 0 aliphatic carbocycles. The van der Waals surface area contributed by atoms with Crippen LogP contribution in [0, 0.1) is 0 Å². The molecule has 1 aromatic rings. The molecule has 1 amide bonds. The van der Waals surface area contributed by atoms with Crippen LogP contribution in [0.3, 0.4) is 0 Å². The van der Waals surface area contributed by atoms with Crippen molar-refractivity contribution >= 4 is 29.4 Å². The van der Waals surface area contributed by atoms with Crippen molar-refractivity contribution in [2.75, 3.05) is 6.54 Å². The normalized spacial score (nSPS) is 25.2. The number of amides is 1. The molecule has 2 heterocycles. The summed E-state index contributed by atoms with van der Waals surface area (Å²) >= 11 is 6.02. The smallest absolute Gasteiger partial charge is 0.411 e. The quantitative estimate of drug-likeness (QED) is 0.850. The number of aliphatic carboxylic acids is 1. The molecule has 1 unspecified atom stereocenters. The summed E-state index contributed by atoms with van der Waals surface area (Å²) in [5.74, 6) is -1.09. The van der Waals surface area contributed by atoms with Crippen molar-refractivity contribution in [1.29, 1.82) is 0 Å². The SMILES string of the molecule is CC(C)(C)OC(=O)N1C[C@@]2(CC(c3cccc(Cl)c3)=NO2)CC1C(=O)O. The van der Waals surface area contributed by atoms with Crippen LogP contribution in [-0.2, 0) is 14.4 Å². The molecule has 0 bridgehead atoms. The van der Waals surface area contributed by atoms with Crippen LogP contribution < -0.4 is 0 Å². The van der Waals surface area contributed by atoms with Crippen LogP contribution in [0.4, 0.5) is 4.79 Å². The Morgan fingerprint density at radius 3 is 2.77 bits per heavy atom. The van der Waals surface area contributed by atoms with Crippen LogP contribution in [0.5, 0.6) is 0 Å². The summed E-state index contributed by atoms with van der Waals surface area (Å²) in [6, 6.07) is 6.20. The summed E-state index contributed by atoms with van der Waals surface area (Å²) in [5, 5.41) is 14.2. The van der Waals surface area contributed by atoms with Gasteiger partial charge in [0.05, 0.1) is 12.3 Å². The van der Waals surface area contributed by atoms with Crippen molar-refractivity contribution in [1.82, 2.24) is 4.90 Å². The third-order valence-electron chi connectivity index (χ3n) is 4.31. The number of halogens is 1. The van der Waals surface area contributed by atoms with E-state index in [0.29, 0.717) is 17.2 Å². The number of carboxylic acids is 1. The zero-order valence-electron chi connectivity index (χ0n) is 14.9. The number of likely N-dealkylation sites (tertiary alicyclic amines) is 1. The molecule has 1 fully saturated rings. The fourth-order valence-corrected chi connectivity index (χ4v) is 3.41. The zero-order chi connectivity index (χ0) is 19.1. The Bertz CT molecular complexity index is 773. The highest BCUT2D eigenvalue weighted by Gasteiger charge is 2.54. The molecule has 8 heteroatoms. The molecule has 3 rings (SSSR count). The monoisotopic (exact) mass is 380 g/mol. The Morgan fingerprint density at radius 1 is 1.42 bits per heavy atom. The second-order valence-corrected chi connectivity index (χ2v) is 8.10. The Hall–Kier alpha value is -2.28. The molecule has 1 N–H and O–H groups in total. The molecular weight excluding hydrogens is 360 g/mol. The molecule has 0 radical (unpaired) electrons. The first-order chi connectivity index (χ1) is 12.1. The van der Waals surface area contributed by atoms with Gasteiger partial charge in [0.2, 0.25) is 0 Å². The molecule has 0 aromatic heterocycles. The predicted molar refractivity (Wildman–Crippen MR) is 95.4 cm³/mol. The fourth-order valence-electron chi connectivity index (χ4n) is 3.22. The molecule has 2 aliphatic rings. The van der Waals surface area contributed by atoms with E-state index >= 15 is 0 Å². The summed E-state index contributed by atoms with van der Waals surface area (Å²) in [6.07, 6.45) is -0.118. The van der Waals surface area contributed by atoms with Crippen molar-refractivity contribution < 1.29 is 24.3 Å². The van der Waals surface area contributed by atoms with Crippen molar-refractivity contribution in [3.63, 3.8) is 0 Å². The summed E-state index contributed by atoms with van der Waals surface area (Å²) < 4.78 is 5.35. The van der Waals surface area contributed by atoms with Gasteiger partial charge in [-0.2, -0.15) is 0 Å². The Labute approximate surface area is 156 Å². The highest BCUT2D eigenvalue weighted by molar-refractivity contribution is 6.31. The average molecular weight is 381 g/mol. The van der Waals surface area contributed by atoms with Gasteiger partial charge in [0.1, 0.15) is 11.6 Å². The zero-order valence-corrected chi connectivity index (χ0v) is 15.6. The second-order valence-electron chi connectivity index (χ2n) is 7.67. The van der Waals surface area contributed by atoms with Gasteiger partial charge in [-0.25, -0.2) is 9.59 Å². The van der Waals surface area contributed by atoms with Crippen molar-refractivity contribution in [3.8, 4) is 0 Å². The van der Waals surface area contributed by atoms with Gasteiger partial charge in [0.15, 0.2) is 5.60 Å². The topological polar surface area (TPSA) is 88.4 Å². The van der Waals surface area contributed by atoms with Crippen LogP contribution in [0.1, 0.15) is 39.2 Å². The summed E-state index contributed by atoms with van der Waals surface area (Å²) in [5.41, 5.74) is -0.0772. The Morgan fingerprint density at radius 2 is 2.15 bits per heavy atom. The number of nitrogens with zero attached hydrogens (tertiary/aromatic N) is 2. The molecule has 140 valence electrons. The van der Waals surface area contributed by atoms with Crippen LogP contribution >= 0.6 is 11.6 Å². The number of rotatable bonds is 2. The first-order valence-electron chi connectivity index (χ1n) is 8.32. The van der Waals surface area contributed by atoms with E-state index in [-0.39, 0.29) is 13.0 Å². The molecule has 26 heavy (non-hydrogen) atoms. The minimum Gasteiger partial charge on any atom is -0.480 e. The first kappa shape index (κ1) is 18.5. The van der Waals surface area contributed by atoms with Crippen LogP contribution in [-0.4, -0.2) is 51.6 Å². The van der Waals surface area contributed by atoms with Crippen LogP contribution in [0.25, 0.3) is 0 Å².